The molecule has 0 radical (unpaired) electrons. The summed E-state index contributed by atoms with van der Waals surface area (Å²) in [5.74, 6) is 0.721. The lowest BCUT2D eigenvalue weighted by Gasteiger charge is -2.18. The molecule has 0 spiro atoms. The van der Waals surface area contributed by atoms with Crippen molar-refractivity contribution in [2.24, 2.45) is 0 Å². The number of rotatable bonds is 9. The van der Waals surface area contributed by atoms with Crippen molar-refractivity contribution in [3.05, 3.63) is 48.2 Å². The summed E-state index contributed by atoms with van der Waals surface area (Å²) in [6, 6.07) is 12.7. The number of carbonyl (C=O) groups is 1. The fourth-order valence-electron chi connectivity index (χ4n) is 4.06. The average Bonchev–Trinajstić information content (AvgIpc) is 3.48. The molecule has 7 heteroatoms. The fourth-order valence-corrected chi connectivity index (χ4v) is 4.06. The van der Waals surface area contributed by atoms with Crippen molar-refractivity contribution in [2.75, 3.05) is 38.2 Å². The second-order valence-electron chi connectivity index (χ2n) is 7.83. The molecule has 0 bridgehead atoms. The molecule has 2 aromatic rings. The lowest BCUT2D eigenvalue weighted by atomic mass is 10.2. The van der Waals surface area contributed by atoms with Crippen LogP contribution in [0.4, 0.5) is 5.82 Å². The zero-order valence-electron chi connectivity index (χ0n) is 16.8. The highest BCUT2D eigenvalue weighted by molar-refractivity contribution is 5.89. The van der Waals surface area contributed by atoms with Crippen LogP contribution < -0.4 is 5.32 Å². The van der Waals surface area contributed by atoms with Gasteiger partial charge in [0.25, 0.3) is 0 Å². The molecule has 1 aromatic heterocycles. The fraction of sp³-hybridized carbons (Fsp3) is 0.545. The Morgan fingerprint density at radius 3 is 2.97 bits per heavy atom. The zero-order valence-corrected chi connectivity index (χ0v) is 16.8. The minimum atomic E-state index is -0.0433. The predicted molar refractivity (Wildman–Crippen MR) is 111 cm³/mol. The van der Waals surface area contributed by atoms with Gasteiger partial charge in [-0.05, 0) is 24.8 Å². The van der Waals surface area contributed by atoms with E-state index in [-0.39, 0.29) is 18.1 Å². The van der Waals surface area contributed by atoms with Crippen LogP contribution >= 0.6 is 0 Å². The van der Waals surface area contributed by atoms with Gasteiger partial charge in [-0.2, -0.15) is 5.10 Å². The first-order valence-corrected chi connectivity index (χ1v) is 10.6. The Balaban J connectivity index is 1.22. The molecule has 2 aliphatic heterocycles. The number of anilines is 1. The number of hydrogen-bond acceptors (Lipinski definition) is 5. The third kappa shape index (κ3) is 5.65. The van der Waals surface area contributed by atoms with Crippen molar-refractivity contribution in [3.8, 4) is 0 Å². The van der Waals surface area contributed by atoms with Crippen LogP contribution in [0.3, 0.4) is 0 Å². The summed E-state index contributed by atoms with van der Waals surface area (Å²) < 4.78 is 13.1. The third-order valence-electron chi connectivity index (χ3n) is 5.58. The first kappa shape index (κ1) is 20.1. The van der Waals surface area contributed by atoms with E-state index in [2.05, 4.69) is 39.6 Å². The summed E-state index contributed by atoms with van der Waals surface area (Å²) in [6.45, 7) is 4.72. The topological polar surface area (TPSA) is 68.6 Å². The summed E-state index contributed by atoms with van der Waals surface area (Å²) in [5.41, 5.74) is 1.32. The number of nitrogens with zero attached hydrogens (tertiary/aromatic N) is 3. The summed E-state index contributed by atoms with van der Waals surface area (Å²) in [6.07, 6.45) is 5.46. The van der Waals surface area contributed by atoms with Crippen LogP contribution in [0.2, 0.25) is 0 Å². The first-order valence-electron chi connectivity index (χ1n) is 10.6. The van der Waals surface area contributed by atoms with Crippen LogP contribution in [0, 0.1) is 0 Å². The molecule has 2 aliphatic rings. The molecule has 2 saturated heterocycles. The van der Waals surface area contributed by atoms with Gasteiger partial charge in [-0.3, -0.25) is 9.69 Å². The van der Waals surface area contributed by atoms with E-state index in [9.17, 15) is 4.79 Å². The van der Waals surface area contributed by atoms with Crippen LogP contribution in [-0.2, 0) is 20.8 Å². The van der Waals surface area contributed by atoms with Gasteiger partial charge < -0.3 is 14.8 Å². The Kier molecular flexibility index (Phi) is 6.92. The normalized spacial score (nSPS) is 22.2. The molecule has 1 aromatic carbocycles. The van der Waals surface area contributed by atoms with E-state index in [1.807, 2.05) is 16.8 Å². The highest BCUT2D eigenvalue weighted by Crippen LogP contribution is 2.25. The Bertz CT molecular complexity index is 773. The molecule has 2 fully saturated rings. The quantitative estimate of drug-likeness (QED) is 0.658. The lowest BCUT2D eigenvalue weighted by molar-refractivity contribution is -0.117. The average molecular weight is 399 g/mol. The Hall–Kier alpha value is -2.22. The van der Waals surface area contributed by atoms with Gasteiger partial charge in [-0.25, -0.2) is 4.68 Å². The van der Waals surface area contributed by atoms with E-state index >= 15 is 0 Å². The third-order valence-corrected chi connectivity index (χ3v) is 5.58. The Labute approximate surface area is 172 Å². The van der Waals surface area contributed by atoms with Gasteiger partial charge in [-0.15, -0.1) is 0 Å². The molecular weight excluding hydrogens is 368 g/mol. The van der Waals surface area contributed by atoms with Gasteiger partial charge in [-0.1, -0.05) is 30.3 Å². The molecule has 2 atom stereocenters. The summed E-state index contributed by atoms with van der Waals surface area (Å²) in [7, 11) is 0. The molecule has 4 rings (SSSR count). The Morgan fingerprint density at radius 1 is 1.24 bits per heavy atom. The summed E-state index contributed by atoms with van der Waals surface area (Å²) in [4.78, 5) is 14.7. The molecule has 156 valence electrons. The second kappa shape index (κ2) is 10.0. The maximum atomic E-state index is 12.3. The van der Waals surface area contributed by atoms with Crippen LogP contribution in [0.25, 0.3) is 0 Å². The molecule has 29 heavy (non-hydrogen) atoms. The Morgan fingerprint density at radius 2 is 2.14 bits per heavy atom. The number of carbonyl (C=O) groups excluding carboxylic acids is 1. The van der Waals surface area contributed by atoms with Crippen molar-refractivity contribution >= 4 is 11.7 Å². The molecule has 3 heterocycles. The van der Waals surface area contributed by atoms with Crippen LogP contribution in [0.5, 0.6) is 0 Å². The number of ether oxygens (including phenoxy) is 2. The summed E-state index contributed by atoms with van der Waals surface area (Å²) in [5, 5.41) is 7.46. The molecule has 0 aliphatic carbocycles. The molecule has 7 nitrogen and oxygen atoms in total. The van der Waals surface area contributed by atoms with Crippen molar-refractivity contribution < 1.29 is 14.3 Å². The number of benzene rings is 1. The molecule has 0 saturated carbocycles. The van der Waals surface area contributed by atoms with E-state index in [4.69, 9.17) is 9.47 Å². The van der Waals surface area contributed by atoms with E-state index in [0.717, 1.165) is 51.3 Å². The highest BCUT2D eigenvalue weighted by atomic mass is 16.5. The predicted octanol–water partition coefficient (Wildman–Crippen LogP) is 2.85. The van der Waals surface area contributed by atoms with Crippen molar-refractivity contribution in [1.29, 1.82) is 0 Å². The van der Waals surface area contributed by atoms with Crippen LogP contribution in [0.1, 0.15) is 37.3 Å². The highest BCUT2D eigenvalue weighted by Gasteiger charge is 2.26. The van der Waals surface area contributed by atoms with Gasteiger partial charge in [0.15, 0.2) is 0 Å². The largest absolute Gasteiger partial charge is 0.378 e. The van der Waals surface area contributed by atoms with Gasteiger partial charge in [0.1, 0.15) is 5.82 Å². The van der Waals surface area contributed by atoms with E-state index < -0.39 is 0 Å². The van der Waals surface area contributed by atoms with E-state index in [1.54, 1.807) is 6.20 Å². The summed E-state index contributed by atoms with van der Waals surface area (Å²) >= 11 is 0. The number of nitrogens with one attached hydrogen (secondary N) is 1. The molecule has 0 unspecified atom stereocenters. The van der Waals surface area contributed by atoms with Gasteiger partial charge in [0, 0.05) is 32.3 Å². The zero-order chi connectivity index (χ0) is 19.9. The number of likely N-dealkylation sites (tertiary alicyclic amines) is 1. The van der Waals surface area contributed by atoms with Crippen molar-refractivity contribution in [3.63, 3.8) is 0 Å². The lowest BCUT2D eigenvalue weighted by Crippen LogP contribution is -2.23. The number of hydrogen-bond donors (Lipinski definition) is 1. The molecule has 1 N–H and O–H groups in total. The SMILES string of the molecule is O=C(CCOC[C@H]1CCCO1)Nc1ccnn1[C@H]1CCN(Cc2ccccc2)C1. The maximum Gasteiger partial charge on any atom is 0.227 e. The number of amides is 1. The minimum absolute atomic E-state index is 0.0433. The molecular formula is C22H30N4O3. The van der Waals surface area contributed by atoms with E-state index in [0.29, 0.717) is 19.6 Å². The van der Waals surface area contributed by atoms with Gasteiger partial charge >= 0.3 is 0 Å². The van der Waals surface area contributed by atoms with Crippen LogP contribution in [-0.4, -0.2) is 59.6 Å². The number of aromatic nitrogens is 2. The first-order chi connectivity index (χ1) is 14.3. The standard InChI is InChI=1S/C22H30N4O3/c27-22(10-14-28-17-20-7-4-13-29-20)24-21-8-11-23-26(21)19-9-12-25(16-19)15-18-5-2-1-3-6-18/h1-3,5-6,8,11,19-20H,4,7,9-10,12-17H2,(H,24,27)/t19-,20+/m0/s1. The maximum absolute atomic E-state index is 12.3. The second-order valence-corrected chi connectivity index (χ2v) is 7.83. The minimum Gasteiger partial charge on any atom is -0.378 e. The van der Waals surface area contributed by atoms with Gasteiger partial charge in [0.2, 0.25) is 5.91 Å². The van der Waals surface area contributed by atoms with Crippen molar-refractivity contribution in [1.82, 2.24) is 14.7 Å². The van der Waals surface area contributed by atoms with Crippen molar-refractivity contribution in [2.45, 2.75) is 44.4 Å². The van der Waals surface area contributed by atoms with Gasteiger partial charge in [0.05, 0.1) is 38.0 Å². The molecule has 1 amide bonds. The monoisotopic (exact) mass is 398 g/mol. The van der Waals surface area contributed by atoms with E-state index in [1.165, 1.54) is 5.56 Å². The van der Waals surface area contributed by atoms with Crippen LogP contribution in [0.15, 0.2) is 42.6 Å². The smallest absolute Gasteiger partial charge is 0.227 e.